The molecule has 0 spiro atoms. The number of allylic oxidation sites excluding steroid dienone is 10. The van der Waals surface area contributed by atoms with Gasteiger partial charge < -0.3 is 20.1 Å². The van der Waals surface area contributed by atoms with Crippen molar-refractivity contribution < 1.29 is 32.8 Å². The van der Waals surface area contributed by atoms with Crippen LogP contribution in [0.5, 0.6) is 0 Å². The summed E-state index contributed by atoms with van der Waals surface area (Å²) >= 11 is 0. The molecule has 0 aromatic carbocycles. The largest absolute Gasteiger partial charge is 0.472 e. The summed E-state index contributed by atoms with van der Waals surface area (Å²) < 4.78 is 33.6. The van der Waals surface area contributed by atoms with Crippen LogP contribution in [0.2, 0.25) is 0 Å². The molecule has 0 fully saturated rings. The molecule has 2 atom stereocenters. The Hall–Kier alpha value is -1.80. The molecule has 0 rings (SSSR count). The van der Waals surface area contributed by atoms with Crippen LogP contribution < -0.4 is 5.73 Å². The van der Waals surface area contributed by atoms with Crippen LogP contribution in [0.4, 0.5) is 0 Å². The van der Waals surface area contributed by atoms with Gasteiger partial charge in [0.1, 0.15) is 6.10 Å². The first-order valence-electron chi connectivity index (χ1n) is 26.8. The van der Waals surface area contributed by atoms with Crippen LogP contribution >= 0.6 is 7.82 Å². The third kappa shape index (κ3) is 51.2. The molecule has 0 saturated carbocycles. The van der Waals surface area contributed by atoms with Crippen molar-refractivity contribution in [3.63, 3.8) is 0 Å². The van der Waals surface area contributed by atoms with E-state index in [0.717, 1.165) is 64.2 Å². The molecule has 0 aliphatic heterocycles. The van der Waals surface area contributed by atoms with Crippen molar-refractivity contribution in [1.29, 1.82) is 0 Å². The third-order valence-corrected chi connectivity index (χ3v) is 12.4. The average molecular weight is 920 g/mol. The lowest BCUT2D eigenvalue weighted by Crippen LogP contribution is -2.28. The van der Waals surface area contributed by atoms with Crippen molar-refractivity contribution in [2.24, 2.45) is 5.73 Å². The number of hydrogen-bond acceptors (Lipinski definition) is 7. The van der Waals surface area contributed by atoms with E-state index in [2.05, 4.69) is 74.6 Å². The highest BCUT2D eigenvalue weighted by Crippen LogP contribution is 2.43. The summed E-state index contributed by atoms with van der Waals surface area (Å²) in [6, 6.07) is 0. The van der Waals surface area contributed by atoms with Crippen molar-refractivity contribution in [3.05, 3.63) is 60.8 Å². The lowest BCUT2D eigenvalue weighted by molar-refractivity contribution is -0.154. The molecule has 64 heavy (non-hydrogen) atoms. The molecule has 2 unspecified atom stereocenters. The quantitative estimate of drug-likeness (QED) is 0.0268. The molecule has 0 aromatic heterocycles. The zero-order valence-electron chi connectivity index (χ0n) is 41.8. The Bertz CT molecular complexity index is 1170. The first-order valence-corrected chi connectivity index (χ1v) is 28.3. The van der Waals surface area contributed by atoms with Crippen LogP contribution in [0.25, 0.3) is 0 Å². The van der Waals surface area contributed by atoms with E-state index in [1.807, 2.05) is 0 Å². The van der Waals surface area contributed by atoms with Gasteiger partial charge in [0.05, 0.1) is 19.8 Å². The Balaban J connectivity index is 3.92. The van der Waals surface area contributed by atoms with Crippen LogP contribution in [-0.4, -0.2) is 49.9 Å². The Morgan fingerprint density at radius 1 is 0.484 bits per heavy atom. The molecule has 9 heteroatoms. The molecule has 8 nitrogen and oxygen atoms in total. The summed E-state index contributed by atoms with van der Waals surface area (Å²) in [7, 11) is -4.29. The fourth-order valence-electron chi connectivity index (χ4n) is 7.56. The maximum Gasteiger partial charge on any atom is 0.472 e. The molecule has 0 bridgehead atoms. The smallest absolute Gasteiger partial charge is 0.457 e. The number of nitrogens with two attached hydrogens (primary N) is 1. The van der Waals surface area contributed by atoms with Crippen LogP contribution in [-0.2, 0) is 27.9 Å². The molecule has 0 aliphatic carbocycles. The van der Waals surface area contributed by atoms with Gasteiger partial charge in [0.15, 0.2) is 0 Å². The van der Waals surface area contributed by atoms with E-state index in [4.69, 9.17) is 24.3 Å². The Kier molecular flexibility index (Phi) is 50.7. The summed E-state index contributed by atoms with van der Waals surface area (Å²) in [5.41, 5.74) is 5.39. The van der Waals surface area contributed by atoms with Crippen LogP contribution in [0.3, 0.4) is 0 Å². The van der Waals surface area contributed by atoms with Gasteiger partial charge in [-0.15, -0.1) is 0 Å². The number of carbonyl (C=O) groups excluding carboxylic acids is 1. The average Bonchev–Trinajstić information content (AvgIpc) is 3.29. The van der Waals surface area contributed by atoms with Crippen molar-refractivity contribution in [2.75, 3.05) is 33.0 Å². The lowest BCUT2D eigenvalue weighted by Gasteiger charge is -2.20. The van der Waals surface area contributed by atoms with E-state index in [9.17, 15) is 14.3 Å². The van der Waals surface area contributed by atoms with Gasteiger partial charge in [-0.05, 0) is 57.8 Å². The number of carbonyl (C=O) groups is 1. The maximum atomic E-state index is 12.7. The molecule has 0 heterocycles. The van der Waals surface area contributed by atoms with Crippen LogP contribution in [0, 0.1) is 0 Å². The molecular weight excluding hydrogens is 818 g/mol. The molecule has 0 saturated heterocycles. The summed E-state index contributed by atoms with van der Waals surface area (Å²) in [5.74, 6) is -0.329. The Morgan fingerprint density at radius 2 is 0.875 bits per heavy atom. The molecular formula is C55H102NO7P. The van der Waals surface area contributed by atoms with Gasteiger partial charge in [-0.1, -0.05) is 242 Å². The van der Waals surface area contributed by atoms with E-state index >= 15 is 0 Å². The molecule has 0 aromatic rings. The second-order valence-electron chi connectivity index (χ2n) is 17.7. The van der Waals surface area contributed by atoms with Gasteiger partial charge in [0.25, 0.3) is 0 Å². The highest BCUT2D eigenvalue weighted by molar-refractivity contribution is 7.47. The van der Waals surface area contributed by atoms with Crippen molar-refractivity contribution in [2.45, 2.75) is 251 Å². The van der Waals surface area contributed by atoms with Gasteiger partial charge in [0, 0.05) is 19.6 Å². The van der Waals surface area contributed by atoms with Crippen LogP contribution in [0.1, 0.15) is 245 Å². The normalized spacial score (nSPS) is 13.8. The van der Waals surface area contributed by atoms with E-state index in [1.54, 1.807) is 0 Å². The van der Waals surface area contributed by atoms with E-state index < -0.39 is 13.9 Å². The first-order chi connectivity index (χ1) is 31.4. The first kappa shape index (κ1) is 62.2. The number of phosphoric ester groups is 1. The number of hydrogen-bond donors (Lipinski definition) is 2. The van der Waals surface area contributed by atoms with Gasteiger partial charge in [0.2, 0.25) is 0 Å². The van der Waals surface area contributed by atoms with Crippen LogP contribution in [0.15, 0.2) is 60.8 Å². The SMILES string of the molecule is CC/C=C\C/C=C\C/C=C\C/C=C\C/C=C\CCCCCCCCCCCCOCC(COP(=O)(O)OCCN)OC(=O)CCCCCCCCCCCCCCCCCCCCC. The lowest BCUT2D eigenvalue weighted by atomic mass is 10.0. The topological polar surface area (TPSA) is 117 Å². The van der Waals surface area contributed by atoms with E-state index in [-0.39, 0.29) is 32.3 Å². The number of esters is 1. The predicted octanol–water partition coefficient (Wildman–Crippen LogP) is 16.9. The molecule has 0 aliphatic rings. The zero-order valence-corrected chi connectivity index (χ0v) is 42.7. The molecule has 0 radical (unpaired) electrons. The second kappa shape index (κ2) is 52.2. The third-order valence-electron chi connectivity index (χ3n) is 11.4. The predicted molar refractivity (Wildman–Crippen MR) is 275 cm³/mol. The summed E-state index contributed by atoms with van der Waals surface area (Å²) in [6.45, 7) is 4.84. The monoisotopic (exact) mass is 920 g/mol. The van der Waals surface area contributed by atoms with Crippen molar-refractivity contribution in [3.8, 4) is 0 Å². The molecule has 3 N–H and O–H groups in total. The molecule has 374 valence electrons. The standard InChI is InChI=1S/C55H102NO7P/c1-3-5-7-9-11-13-15-17-19-21-23-24-25-26-27-28-29-31-33-35-37-39-41-43-45-47-50-60-52-54(53-62-64(58,59)61-51-49-56)63-55(57)48-46-44-42-40-38-36-34-32-30-22-20-18-16-14-12-10-8-6-4-2/h5,7,11,13,17,19,23-24,26-27,54H,3-4,6,8-10,12,14-16,18,20-22,25,28-53,56H2,1-2H3,(H,58,59)/b7-5-,13-11-,19-17-,24-23-,27-26-. The number of ether oxygens (including phenoxy) is 2. The van der Waals surface area contributed by atoms with Gasteiger partial charge >= 0.3 is 13.8 Å². The minimum atomic E-state index is -4.29. The highest BCUT2D eigenvalue weighted by atomic mass is 31.2. The zero-order chi connectivity index (χ0) is 46.5. The summed E-state index contributed by atoms with van der Waals surface area (Å²) in [4.78, 5) is 22.6. The maximum absolute atomic E-state index is 12.7. The van der Waals surface area contributed by atoms with E-state index in [1.165, 1.54) is 161 Å². The van der Waals surface area contributed by atoms with Gasteiger partial charge in [-0.25, -0.2) is 4.57 Å². The van der Waals surface area contributed by atoms with Gasteiger partial charge in [-0.3, -0.25) is 13.8 Å². The van der Waals surface area contributed by atoms with E-state index in [0.29, 0.717) is 13.0 Å². The Labute approximate surface area is 395 Å². The minimum absolute atomic E-state index is 0.0967. The van der Waals surface area contributed by atoms with Crippen molar-refractivity contribution in [1.82, 2.24) is 0 Å². The number of unbranched alkanes of at least 4 members (excludes halogenated alkanes) is 28. The van der Waals surface area contributed by atoms with Crippen molar-refractivity contribution >= 4 is 13.8 Å². The minimum Gasteiger partial charge on any atom is -0.457 e. The fraction of sp³-hybridized carbons (Fsp3) is 0.800. The summed E-state index contributed by atoms with van der Waals surface area (Å²) in [5, 5.41) is 0. The number of phosphoric acid groups is 1. The fourth-order valence-corrected chi connectivity index (χ4v) is 8.32. The molecule has 0 amide bonds. The van der Waals surface area contributed by atoms with Gasteiger partial charge in [-0.2, -0.15) is 0 Å². The Morgan fingerprint density at radius 3 is 1.31 bits per heavy atom. The second-order valence-corrected chi connectivity index (χ2v) is 19.2. The highest BCUT2D eigenvalue weighted by Gasteiger charge is 2.25. The number of rotatable bonds is 51. The summed E-state index contributed by atoms with van der Waals surface area (Å²) in [6.07, 6.45) is 65.4.